The van der Waals surface area contributed by atoms with E-state index < -0.39 is 0 Å². The first kappa shape index (κ1) is 8.16. The molecule has 0 aromatic heterocycles. The van der Waals surface area contributed by atoms with Crippen LogP contribution in [0, 0.1) is 0 Å². The van der Waals surface area contributed by atoms with E-state index >= 15 is 0 Å². The average Bonchev–Trinajstić information content (AvgIpc) is 1.90. The van der Waals surface area contributed by atoms with Crippen molar-refractivity contribution in [2.75, 3.05) is 0 Å². The molecule has 0 nitrogen and oxygen atoms in total. The highest BCUT2D eigenvalue weighted by atomic mass is 35.5. The summed E-state index contributed by atoms with van der Waals surface area (Å²) in [7, 11) is 0. The van der Waals surface area contributed by atoms with Crippen LogP contribution in [0.5, 0.6) is 0 Å². The summed E-state index contributed by atoms with van der Waals surface area (Å²) in [6.45, 7) is 0. The zero-order valence-corrected chi connectivity index (χ0v) is 7.25. The fourth-order valence-electron chi connectivity index (χ4n) is 0.923. The van der Waals surface area contributed by atoms with Crippen LogP contribution >= 0.6 is 23.2 Å². The van der Waals surface area contributed by atoms with Crippen molar-refractivity contribution in [3.05, 3.63) is 22.2 Å². The fourth-order valence-corrected chi connectivity index (χ4v) is 1.33. The van der Waals surface area contributed by atoms with Gasteiger partial charge in [0.05, 0.1) is 0 Å². The Bertz CT molecular complexity index is 148. The van der Waals surface area contributed by atoms with Crippen LogP contribution in [0.15, 0.2) is 22.2 Å². The molecule has 0 radical (unpaired) electrons. The van der Waals surface area contributed by atoms with E-state index in [1.165, 1.54) is 0 Å². The van der Waals surface area contributed by atoms with E-state index in [1.807, 2.05) is 0 Å². The summed E-state index contributed by atoms with van der Waals surface area (Å²) < 4.78 is 0. The lowest BCUT2D eigenvalue weighted by atomic mass is 10.1. The number of rotatable bonds is 0. The maximum Gasteiger partial charge on any atom is 0.0144 e. The lowest BCUT2D eigenvalue weighted by Gasteiger charge is -2.02. The molecule has 0 unspecified atom stereocenters. The van der Waals surface area contributed by atoms with Gasteiger partial charge in [-0.1, -0.05) is 35.4 Å². The van der Waals surface area contributed by atoms with Gasteiger partial charge in [-0.25, -0.2) is 0 Å². The van der Waals surface area contributed by atoms with Crippen LogP contribution in [0.2, 0.25) is 0 Å². The Hall–Kier alpha value is 0.0600. The van der Waals surface area contributed by atoms with Crippen LogP contribution < -0.4 is 0 Å². The summed E-state index contributed by atoms with van der Waals surface area (Å²) in [4.78, 5) is 0. The third-order valence-corrected chi connectivity index (χ3v) is 2.19. The normalized spacial score (nSPS) is 20.6. The Labute approximate surface area is 71.5 Å². The van der Waals surface area contributed by atoms with E-state index in [0.717, 1.165) is 35.7 Å². The highest BCUT2D eigenvalue weighted by Gasteiger charge is 1.99. The van der Waals surface area contributed by atoms with Crippen molar-refractivity contribution in [1.82, 2.24) is 0 Å². The van der Waals surface area contributed by atoms with Gasteiger partial charge in [0, 0.05) is 10.1 Å². The quantitative estimate of drug-likeness (QED) is 0.527. The van der Waals surface area contributed by atoms with Gasteiger partial charge in [0.15, 0.2) is 0 Å². The SMILES string of the molecule is ClC1=CCCC=C(Cl)CC1. The van der Waals surface area contributed by atoms with E-state index in [4.69, 9.17) is 23.2 Å². The lowest BCUT2D eigenvalue weighted by Crippen LogP contribution is -1.82. The van der Waals surface area contributed by atoms with Crippen LogP contribution in [-0.2, 0) is 0 Å². The summed E-state index contributed by atoms with van der Waals surface area (Å²) in [6, 6.07) is 0. The molecule has 0 saturated carbocycles. The summed E-state index contributed by atoms with van der Waals surface area (Å²) in [5.74, 6) is 0. The van der Waals surface area contributed by atoms with E-state index in [0.29, 0.717) is 0 Å². The average molecular weight is 177 g/mol. The standard InChI is InChI=1S/C8H10Cl2/c9-7-3-1-2-4-8(10)6-5-7/h3-4H,1-2,5-6H2. The molecule has 1 aliphatic carbocycles. The van der Waals surface area contributed by atoms with Crippen LogP contribution in [-0.4, -0.2) is 0 Å². The predicted octanol–water partition coefficient (Wildman–Crippen LogP) is 3.81. The molecule has 1 rings (SSSR count). The molecule has 0 fully saturated rings. The molecular weight excluding hydrogens is 167 g/mol. The van der Waals surface area contributed by atoms with Gasteiger partial charge < -0.3 is 0 Å². The maximum atomic E-state index is 5.83. The first-order chi connectivity index (χ1) is 4.79. The summed E-state index contributed by atoms with van der Waals surface area (Å²) in [5.41, 5.74) is 0. The highest BCUT2D eigenvalue weighted by molar-refractivity contribution is 6.31. The number of hydrogen-bond acceptors (Lipinski definition) is 0. The Balaban J connectivity index is 2.49. The molecule has 0 bridgehead atoms. The molecule has 0 aliphatic heterocycles. The van der Waals surface area contributed by atoms with E-state index in [1.54, 1.807) is 0 Å². The number of allylic oxidation sites excluding steroid dienone is 4. The molecule has 0 N–H and O–H groups in total. The zero-order valence-electron chi connectivity index (χ0n) is 5.74. The van der Waals surface area contributed by atoms with Crippen LogP contribution in [0.3, 0.4) is 0 Å². The molecule has 0 aromatic carbocycles. The summed E-state index contributed by atoms with van der Waals surface area (Å²) in [5, 5.41) is 1.90. The number of halogens is 2. The monoisotopic (exact) mass is 176 g/mol. The Morgan fingerprint density at radius 1 is 0.900 bits per heavy atom. The third kappa shape index (κ3) is 2.76. The Kier molecular flexibility index (Phi) is 3.30. The van der Waals surface area contributed by atoms with E-state index in [2.05, 4.69) is 12.2 Å². The van der Waals surface area contributed by atoms with Gasteiger partial charge >= 0.3 is 0 Å². The Morgan fingerprint density at radius 2 is 1.30 bits per heavy atom. The lowest BCUT2D eigenvalue weighted by molar-refractivity contribution is 0.936. The maximum absolute atomic E-state index is 5.83. The van der Waals surface area contributed by atoms with Gasteiger partial charge in [-0.3, -0.25) is 0 Å². The molecule has 1 aliphatic rings. The van der Waals surface area contributed by atoms with Crippen molar-refractivity contribution in [1.29, 1.82) is 0 Å². The minimum Gasteiger partial charge on any atom is -0.0895 e. The number of hydrogen-bond donors (Lipinski definition) is 0. The van der Waals surface area contributed by atoms with E-state index in [9.17, 15) is 0 Å². The summed E-state index contributed by atoms with van der Waals surface area (Å²) in [6.07, 6.45) is 7.99. The molecular formula is C8H10Cl2. The first-order valence-electron chi connectivity index (χ1n) is 3.48. The van der Waals surface area contributed by atoms with Crippen molar-refractivity contribution in [3.63, 3.8) is 0 Å². The molecule has 10 heavy (non-hydrogen) atoms. The highest BCUT2D eigenvalue weighted by Crippen LogP contribution is 2.21. The van der Waals surface area contributed by atoms with Gasteiger partial charge in [-0.2, -0.15) is 0 Å². The van der Waals surface area contributed by atoms with Crippen LogP contribution in [0.1, 0.15) is 25.7 Å². The van der Waals surface area contributed by atoms with Crippen molar-refractivity contribution < 1.29 is 0 Å². The fraction of sp³-hybridized carbons (Fsp3) is 0.500. The largest absolute Gasteiger partial charge is 0.0895 e. The molecule has 0 amide bonds. The molecule has 0 spiro atoms. The smallest absolute Gasteiger partial charge is 0.0144 e. The summed E-state index contributed by atoms with van der Waals surface area (Å²) >= 11 is 11.7. The van der Waals surface area contributed by atoms with Crippen molar-refractivity contribution in [2.24, 2.45) is 0 Å². The van der Waals surface area contributed by atoms with Crippen molar-refractivity contribution in [3.8, 4) is 0 Å². The topological polar surface area (TPSA) is 0 Å². The van der Waals surface area contributed by atoms with Gasteiger partial charge in [0.1, 0.15) is 0 Å². The predicted molar refractivity (Wildman–Crippen MR) is 46.3 cm³/mol. The van der Waals surface area contributed by atoms with Gasteiger partial charge in [-0.05, 0) is 25.7 Å². The first-order valence-corrected chi connectivity index (χ1v) is 4.23. The molecule has 56 valence electrons. The molecule has 0 saturated heterocycles. The molecule has 2 heteroatoms. The minimum absolute atomic E-state index is 0.900. The minimum atomic E-state index is 0.900. The van der Waals surface area contributed by atoms with Crippen LogP contribution in [0.25, 0.3) is 0 Å². The van der Waals surface area contributed by atoms with Gasteiger partial charge in [-0.15, -0.1) is 0 Å². The van der Waals surface area contributed by atoms with Gasteiger partial charge in [0.2, 0.25) is 0 Å². The van der Waals surface area contributed by atoms with E-state index in [-0.39, 0.29) is 0 Å². The molecule has 0 atom stereocenters. The second-order valence-corrected chi connectivity index (χ2v) is 3.35. The second-order valence-electron chi connectivity index (χ2n) is 2.38. The zero-order chi connectivity index (χ0) is 7.40. The molecule has 0 aromatic rings. The van der Waals surface area contributed by atoms with Crippen LogP contribution in [0.4, 0.5) is 0 Å². The van der Waals surface area contributed by atoms with Crippen molar-refractivity contribution in [2.45, 2.75) is 25.7 Å². The third-order valence-electron chi connectivity index (χ3n) is 1.50. The Morgan fingerprint density at radius 3 is 1.70 bits per heavy atom. The molecule has 0 heterocycles. The van der Waals surface area contributed by atoms with Crippen molar-refractivity contribution >= 4 is 23.2 Å². The van der Waals surface area contributed by atoms with Gasteiger partial charge in [0.25, 0.3) is 0 Å². The second kappa shape index (κ2) is 4.05.